The van der Waals surface area contributed by atoms with E-state index in [2.05, 4.69) is 10.2 Å². The number of methoxy groups -OCH3 is 1. The van der Waals surface area contributed by atoms with Gasteiger partial charge < -0.3 is 20.7 Å². The number of piperidine rings is 1. The summed E-state index contributed by atoms with van der Waals surface area (Å²) in [7, 11) is 1.62. The smallest absolute Gasteiger partial charge is 0.263 e. The van der Waals surface area contributed by atoms with E-state index in [9.17, 15) is 4.79 Å². The molecule has 1 amide bonds. The summed E-state index contributed by atoms with van der Waals surface area (Å²) in [4.78, 5) is 15.1. The van der Waals surface area contributed by atoms with Gasteiger partial charge in [-0.2, -0.15) is 0 Å². The van der Waals surface area contributed by atoms with E-state index >= 15 is 0 Å². The Balaban J connectivity index is 1.86. The lowest BCUT2D eigenvalue weighted by molar-refractivity contribution is 0.0956. The molecule has 6 heteroatoms. The number of nitrogens with two attached hydrogens (primary N) is 1. The first-order chi connectivity index (χ1) is 9.70. The number of nitrogens with zero attached hydrogens (tertiary/aromatic N) is 1. The fourth-order valence-electron chi connectivity index (χ4n) is 2.57. The standard InChI is InChI=1S/C14H21N3O2S/c1-19-11-10(15)12(13(18)16-9-5-6-9)20-14(11)17-7-3-2-4-8-17/h9H,2-8,15H2,1H3,(H,16,18). The third-order valence-electron chi connectivity index (χ3n) is 3.85. The molecule has 5 nitrogen and oxygen atoms in total. The molecule has 3 N–H and O–H groups in total. The maximum absolute atomic E-state index is 12.2. The molecule has 1 saturated heterocycles. The van der Waals surface area contributed by atoms with Crippen LogP contribution in [0.15, 0.2) is 0 Å². The summed E-state index contributed by atoms with van der Waals surface area (Å²) in [6, 6.07) is 0.341. The van der Waals surface area contributed by atoms with Gasteiger partial charge in [-0.15, -0.1) is 11.3 Å². The molecule has 1 aromatic heterocycles. The Kier molecular flexibility index (Phi) is 3.74. The number of anilines is 2. The number of carbonyl (C=O) groups excluding carboxylic acids is 1. The quantitative estimate of drug-likeness (QED) is 0.894. The van der Waals surface area contributed by atoms with Crippen LogP contribution in [0.1, 0.15) is 41.8 Å². The van der Waals surface area contributed by atoms with Crippen molar-refractivity contribution in [3.63, 3.8) is 0 Å². The molecule has 1 saturated carbocycles. The van der Waals surface area contributed by atoms with Crippen LogP contribution in [0.4, 0.5) is 10.7 Å². The monoisotopic (exact) mass is 295 g/mol. The zero-order valence-electron chi connectivity index (χ0n) is 11.8. The number of hydrogen-bond acceptors (Lipinski definition) is 5. The lowest BCUT2D eigenvalue weighted by Crippen LogP contribution is -2.28. The summed E-state index contributed by atoms with van der Waals surface area (Å²) in [5, 5.41) is 4.00. The predicted octanol–water partition coefficient (Wildman–Crippen LogP) is 2.22. The fraction of sp³-hybridized carbons (Fsp3) is 0.643. The van der Waals surface area contributed by atoms with Crippen LogP contribution < -0.4 is 20.7 Å². The van der Waals surface area contributed by atoms with Crippen molar-refractivity contribution in [3.05, 3.63) is 4.88 Å². The van der Waals surface area contributed by atoms with Crippen molar-refractivity contribution in [1.29, 1.82) is 0 Å². The lowest BCUT2D eigenvalue weighted by Gasteiger charge is -2.27. The molecule has 0 aromatic carbocycles. The summed E-state index contributed by atoms with van der Waals surface area (Å²) < 4.78 is 5.44. The van der Waals surface area contributed by atoms with Crippen LogP contribution in [0.5, 0.6) is 5.75 Å². The maximum Gasteiger partial charge on any atom is 0.263 e. The van der Waals surface area contributed by atoms with Crippen LogP contribution in [-0.2, 0) is 0 Å². The predicted molar refractivity (Wildman–Crippen MR) is 81.8 cm³/mol. The molecule has 0 bridgehead atoms. The van der Waals surface area contributed by atoms with Crippen molar-refractivity contribution in [1.82, 2.24) is 5.32 Å². The largest absolute Gasteiger partial charge is 0.492 e. The van der Waals surface area contributed by atoms with E-state index in [4.69, 9.17) is 10.5 Å². The molecule has 2 heterocycles. The molecule has 3 rings (SSSR count). The van der Waals surface area contributed by atoms with Crippen molar-refractivity contribution in [3.8, 4) is 5.75 Å². The number of ether oxygens (including phenoxy) is 1. The van der Waals surface area contributed by atoms with E-state index in [0.717, 1.165) is 30.9 Å². The molecule has 0 atom stereocenters. The number of hydrogen-bond donors (Lipinski definition) is 2. The van der Waals surface area contributed by atoms with Gasteiger partial charge in [0.05, 0.1) is 7.11 Å². The topological polar surface area (TPSA) is 67.6 Å². The van der Waals surface area contributed by atoms with Crippen LogP contribution in [0.2, 0.25) is 0 Å². The van der Waals surface area contributed by atoms with Gasteiger partial charge in [0, 0.05) is 19.1 Å². The van der Waals surface area contributed by atoms with Crippen LogP contribution in [-0.4, -0.2) is 32.1 Å². The third-order valence-corrected chi connectivity index (χ3v) is 5.09. The highest BCUT2D eigenvalue weighted by Crippen LogP contribution is 2.45. The molecule has 2 aliphatic rings. The van der Waals surface area contributed by atoms with E-state index in [0.29, 0.717) is 22.4 Å². The minimum Gasteiger partial charge on any atom is -0.492 e. The lowest BCUT2D eigenvalue weighted by atomic mass is 10.1. The van der Waals surface area contributed by atoms with Crippen LogP contribution in [0.25, 0.3) is 0 Å². The van der Waals surface area contributed by atoms with Crippen molar-refractivity contribution < 1.29 is 9.53 Å². The van der Waals surface area contributed by atoms with E-state index < -0.39 is 0 Å². The Bertz CT molecular complexity index is 505. The Hall–Kier alpha value is -1.43. The number of amides is 1. The third kappa shape index (κ3) is 2.57. The van der Waals surface area contributed by atoms with Gasteiger partial charge in [0.1, 0.15) is 15.6 Å². The zero-order chi connectivity index (χ0) is 14.1. The molecule has 110 valence electrons. The number of thiophene rings is 1. The second kappa shape index (κ2) is 5.52. The molecule has 20 heavy (non-hydrogen) atoms. The minimum absolute atomic E-state index is 0.0587. The Morgan fingerprint density at radius 2 is 2.05 bits per heavy atom. The first kappa shape index (κ1) is 13.5. The summed E-state index contributed by atoms with van der Waals surface area (Å²) >= 11 is 1.46. The van der Waals surface area contributed by atoms with Crippen molar-refractivity contribution in [2.24, 2.45) is 0 Å². The van der Waals surface area contributed by atoms with Gasteiger partial charge in [0.25, 0.3) is 5.91 Å². The Labute approximate surface area is 123 Å². The highest BCUT2D eigenvalue weighted by Gasteiger charge is 2.29. The summed E-state index contributed by atoms with van der Waals surface area (Å²) in [5.41, 5.74) is 6.60. The number of nitrogen functional groups attached to an aromatic ring is 1. The van der Waals surface area contributed by atoms with E-state index in [1.165, 1.54) is 30.6 Å². The molecule has 0 unspecified atom stereocenters. The number of carbonyl (C=O) groups is 1. The second-order valence-corrected chi connectivity index (χ2v) is 6.48. The van der Waals surface area contributed by atoms with E-state index in [1.54, 1.807) is 7.11 Å². The first-order valence-electron chi connectivity index (χ1n) is 7.22. The highest BCUT2D eigenvalue weighted by atomic mass is 32.1. The molecule has 0 spiro atoms. The molecule has 2 fully saturated rings. The van der Waals surface area contributed by atoms with Gasteiger partial charge >= 0.3 is 0 Å². The normalized spacial score (nSPS) is 18.9. The molecular formula is C14H21N3O2S. The Morgan fingerprint density at radius 3 is 2.65 bits per heavy atom. The molecule has 0 radical (unpaired) electrons. The van der Waals surface area contributed by atoms with Crippen molar-refractivity contribution >= 4 is 27.9 Å². The van der Waals surface area contributed by atoms with Gasteiger partial charge in [-0.1, -0.05) is 0 Å². The maximum atomic E-state index is 12.2. The number of nitrogens with one attached hydrogen (secondary N) is 1. The molecule has 1 aliphatic heterocycles. The fourth-order valence-corrected chi connectivity index (χ4v) is 3.71. The summed E-state index contributed by atoms with van der Waals surface area (Å²) in [6.45, 7) is 2.03. The molecule has 1 aliphatic carbocycles. The molecular weight excluding hydrogens is 274 g/mol. The van der Waals surface area contributed by atoms with Crippen molar-refractivity contribution in [2.75, 3.05) is 30.8 Å². The van der Waals surface area contributed by atoms with Crippen LogP contribution >= 0.6 is 11.3 Å². The van der Waals surface area contributed by atoms with Gasteiger partial charge in [0.15, 0.2) is 5.75 Å². The summed E-state index contributed by atoms with van der Waals surface area (Å²) in [5.74, 6) is 0.606. The summed E-state index contributed by atoms with van der Waals surface area (Å²) in [6.07, 6.45) is 5.80. The molecule has 1 aromatic rings. The van der Waals surface area contributed by atoms with Gasteiger partial charge in [-0.3, -0.25) is 4.79 Å². The first-order valence-corrected chi connectivity index (χ1v) is 8.04. The van der Waals surface area contributed by atoms with Gasteiger partial charge in [-0.05, 0) is 32.1 Å². The van der Waals surface area contributed by atoms with Crippen LogP contribution in [0.3, 0.4) is 0 Å². The van der Waals surface area contributed by atoms with Gasteiger partial charge in [-0.25, -0.2) is 0 Å². The van der Waals surface area contributed by atoms with E-state index in [1.807, 2.05) is 0 Å². The minimum atomic E-state index is -0.0587. The van der Waals surface area contributed by atoms with Gasteiger partial charge in [0.2, 0.25) is 0 Å². The van der Waals surface area contributed by atoms with E-state index in [-0.39, 0.29) is 5.91 Å². The zero-order valence-corrected chi connectivity index (χ0v) is 12.6. The van der Waals surface area contributed by atoms with Crippen LogP contribution in [0, 0.1) is 0 Å². The second-order valence-electron chi connectivity index (χ2n) is 5.48. The Morgan fingerprint density at radius 1 is 1.35 bits per heavy atom. The average molecular weight is 295 g/mol. The average Bonchev–Trinajstić information content (AvgIpc) is 3.21. The SMILES string of the molecule is COc1c(N2CCCCC2)sc(C(=O)NC2CC2)c1N. The highest BCUT2D eigenvalue weighted by molar-refractivity contribution is 7.19. The number of rotatable bonds is 4. The van der Waals surface area contributed by atoms with Crippen molar-refractivity contribution in [2.45, 2.75) is 38.1 Å².